The van der Waals surface area contributed by atoms with Crippen LogP contribution in [-0.2, 0) is 9.59 Å². The number of hydrogen-bond acceptors (Lipinski definition) is 2. The van der Waals surface area contributed by atoms with Gasteiger partial charge in [-0.2, -0.15) is 0 Å². The van der Waals surface area contributed by atoms with Gasteiger partial charge in [0.25, 0.3) is 0 Å². The molecule has 3 rings (SSSR count). The van der Waals surface area contributed by atoms with E-state index in [1.54, 1.807) is 0 Å². The second-order valence-corrected chi connectivity index (χ2v) is 7.74. The van der Waals surface area contributed by atoms with Crippen LogP contribution in [-0.4, -0.2) is 35.8 Å². The molecule has 2 fully saturated rings. The van der Waals surface area contributed by atoms with Crippen LogP contribution in [0.25, 0.3) is 0 Å². The van der Waals surface area contributed by atoms with Crippen molar-refractivity contribution in [1.82, 2.24) is 4.90 Å². The first-order valence-corrected chi connectivity index (χ1v) is 9.05. The van der Waals surface area contributed by atoms with Gasteiger partial charge in [0.05, 0.1) is 5.92 Å². The summed E-state index contributed by atoms with van der Waals surface area (Å²) >= 11 is 0. The van der Waals surface area contributed by atoms with Crippen molar-refractivity contribution in [3.8, 4) is 0 Å². The van der Waals surface area contributed by atoms with E-state index in [-0.39, 0.29) is 23.8 Å². The van der Waals surface area contributed by atoms with E-state index >= 15 is 0 Å². The first kappa shape index (κ1) is 17.0. The molecule has 1 aromatic carbocycles. The zero-order valence-corrected chi connectivity index (χ0v) is 15.2. The van der Waals surface area contributed by atoms with Gasteiger partial charge < -0.3 is 9.80 Å². The minimum atomic E-state index is -0.210. The summed E-state index contributed by atoms with van der Waals surface area (Å²) in [5.74, 6) is 0.692. The largest absolute Gasteiger partial charge is 0.342 e. The van der Waals surface area contributed by atoms with Gasteiger partial charge in [0.15, 0.2) is 0 Å². The van der Waals surface area contributed by atoms with Crippen LogP contribution in [0.15, 0.2) is 18.2 Å². The molecule has 0 N–H and O–H groups in total. The van der Waals surface area contributed by atoms with Gasteiger partial charge in [0.2, 0.25) is 11.8 Å². The molecule has 1 atom stereocenters. The molecule has 2 amide bonds. The molecule has 1 aromatic rings. The highest BCUT2D eigenvalue weighted by atomic mass is 16.2. The number of hydrogen-bond donors (Lipinski definition) is 0. The highest BCUT2D eigenvalue weighted by Gasteiger charge is 2.39. The maximum Gasteiger partial charge on any atom is 0.232 e. The molecule has 4 nitrogen and oxygen atoms in total. The number of rotatable bonds is 5. The SMILES string of the molecule is Cc1ccc(C)c(N(C(=O)[C@@H]2CC(=O)N(CC3CC3)C2)C(C)C)c1. The Labute approximate surface area is 144 Å². The second kappa shape index (κ2) is 6.58. The fraction of sp³-hybridized carbons (Fsp3) is 0.600. The Morgan fingerprint density at radius 2 is 2.00 bits per heavy atom. The number of carbonyl (C=O) groups excluding carboxylic acids is 2. The van der Waals surface area contributed by atoms with Crippen LogP contribution in [0, 0.1) is 25.7 Å². The standard InChI is InChI=1S/C20H28N2O2/c1-13(2)22(18-9-14(3)5-6-15(18)4)20(24)17-10-19(23)21(12-17)11-16-7-8-16/h5-6,9,13,16-17H,7-8,10-12H2,1-4H3/t17-/m1/s1. The van der Waals surface area contributed by atoms with Gasteiger partial charge in [-0.15, -0.1) is 0 Å². The molecule has 0 bridgehead atoms. The van der Waals surface area contributed by atoms with Gasteiger partial charge in [0.1, 0.15) is 0 Å². The summed E-state index contributed by atoms with van der Waals surface area (Å²) in [7, 11) is 0. The summed E-state index contributed by atoms with van der Waals surface area (Å²) in [6, 6.07) is 6.28. The number of likely N-dealkylation sites (tertiary alicyclic amines) is 1. The minimum absolute atomic E-state index is 0.0746. The first-order chi connectivity index (χ1) is 11.4. The first-order valence-electron chi connectivity index (χ1n) is 9.05. The van der Waals surface area contributed by atoms with Crippen molar-refractivity contribution in [2.75, 3.05) is 18.0 Å². The molecular formula is C20H28N2O2. The summed E-state index contributed by atoms with van der Waals surface area (Å²) < 4.78 is 0. The zero-order valence-electron chi connectivity index (χ0n) is 15.2. The van der Waals surface area contributed by atoms with Gasteiger partial charge in [-0.25, -0.2) is 0 Å². The number of carbonyl (C=O) groups is 2. The van der Waals surface area contributed by atoms with Gasteiger partial charge >= 0.3 is 0 Å². The van der Waals surface area contributed by atoms with Crippen molar-refractivity contribution < 1.29 is 9.59 Å². The lowest BCUT2D eigenvalue weighted by atomic mass is 10.0. The van der Waals surface area contributed by atoms with Crippen molar-refractivity contribution in [1.29, 1.82) is 0 Å². The van der Waals surface area contributed by atoms with Crippen molar-refractivity contribution in [3.63, 3.8) is 0 Å². The molecule has 1 saturated heterocycles. The maximum absolute atomic E-state index is 13.2. The topological polar surface area (TPSA) is 40.6 Å². The van der Waals surface area contributed by atoms with Crippen LogP contribution in [0.1, 0.15) is 44.2 Å². The van der Waals surface area contributed by atoms with Gasteiger partial charge in [-0.05, 0) is 63.6 Å². The molecule has 0 aromatic heterocycles. The molecule has 4 heteroatoms. The minimum Gasteiger partial charge on any atom is -0.342 e. The van der Waals surface area contributed by atoms with Gasteiger partial charge in [-0.1, -0.05) is 12.1 Å². The average molecular weight is 328 g/mol. The monoisotopic (exact) mass is 328 g/mol. The molecular weight excluding hydrogens is 300 g/mol. The number of benzene rings is 1. The molecule has 130 valence electrons. The lowest BCUT2D eigenvalue weighted by Crippen LogP contribution is -2.42. The molecule has 0 unspecified atom stereocenters. The summed E-state index contributed by atoms with van der Waals surface area (Å²) in [6.45, 7) is 9.59. The van der Waals surface area contributed by atoms with Crippen LogP contribution in [0.4, 0.5) is 5.69 Å². The number of aryl methyl sites for hydroxylation is 2. The lowest BCUT2D eigenvalue weighted by Gasteiger charge is -2.31. The predicted molar refractivity (Wildman–Crippen MR) is 95.9 cm³/mol. The highest BCUT2D eigenvalue weighted by Crippen LogP contribution is 2.33. The van der Waals surface area contributed by atoms with E-state index in [0.717, 1.165) is 23.4 Å². The summed E-state index contributed by atoms with van der Waals surface area (Å²) in [5.41, 5.74) is 3.22. The van der Waals surface area contributed by atoms with E-state index in [1.165, 1.54) is 12.8 Å². The third-order valence-corrected chi connectivity index (χ3v) is 5.12. The van der Waals surface area contributed by atoms with Crippen LogP contribution < -0.4 is 4.90 Å². The van der Waals surface area contributed by atoms with E-state index in [9.17, 15) is 9.59 Å². The quantitative estimate of drug-likeness (QED) is 0.832. The average Bonchev–Trinajstić information content (AvgIpc) is 3.25. The number of nitrogens with zero attached hydrogens (tertiary/aromatic N) is 2. The Morgan fingerprint density at radius 3 is 2.62 bits per heavy atom. The van der Waals surface area contributed by atoms with E-state index in [2.05, 4.69) is 18.2 Å². The molecule has 1 heterocycles. The lowest BCUT2D eigenvalue weighted by molar-refractivity contribution is -0.128. The van der Waals surface area contributed by atoms with E-state index in [0.29, 0.717) is 18.9 Å². The highest BCUT2D eigenvalue weighted by molar-refractivity contribution is 6.00. The van der Waals surface area contributed by atoms with Gasteiger partial charge in [-0.3, -0.25) is 9.59 Å². The fourth-order valence-electron chi connectivity index (χ4n) is 3.55. The van der Waals surface area contributed by atoms with Crippen LogP contribution in [0.2, 0.25) is 0 Å². The number of anilines is 1. The molecule has 0 spiro atoms. The van der Waals surface area contributed by atoms with Crippen molar-refractivity contribution in [2.45, 2.75) is 53.0 Å². The Hall–Kier alpha value is -1.84. The Balaban J connectivity index is 1.80. The van der Waals surface area contributed by atoms with Crippen molar-refractivity contribution >= 4 is 17.5 Å². The molecule has 1 saturated carbocycles. The van der Waals surface area contributed by atoms with E-state index < -0.39 is 0 Å². The molecule has 24 heavy (non-hydrogen) atoms. The van der Waals surface area contributed by atoms with Gasteiger partial charge in [0, 0.05) is 31.2 Å². The predicted octanol–water partition coefficient (Wildman–Crippen LogP) is 3.30. The van der Waals surface area contributed by atoms with Crippen LogP contribution in [0.5, 0.6) is 0 Å². The van der Waals surface area contributed by atoms with Crippen molar-refractivity contribution in [3.05, 3.63) is 29.3 Å². The Morgan fingerprint density at radius 1 is 1.29 bits per heavy atom. The van der Waals surface area contributed by atoms with E-state index in [1.807, 2.05) is 37.5 Å². The summed E-state index contributed by atoms with van der Waals surface area (Å²) in [6.07, 6.45) is 2.81. The summed E-state index contributed by atoms with van der Waals surface area (Å²) in [4.78, 5) is 29.2. The fourth-order valence-corrected chi connectivity index (χ4v) is 3.55. The normalized spacial score (nSPS) is 20.8. The second-order valence-electron chi connectivity index (χ2n) is 7.74. The van der Waals surface area contributed by atoms with Crippen LogP contribution >= 0.6 is 0 Å². The zero-order chi connectivity index (χ0) is 17.4. The maximum atomic E-state index is 13.2. The Bertz CT molecular complexity index is 649. The Kier molecular flexibility index (Phi) is 4.66. The third-order valence-electron chi connectivity index (χ3n) is 5.12. The van der Waals surface area contributed by atoms with Crippen molar-refractivity contribution in [2.24, 2.45) is 11.8 Å². The molecule has 0 radical (unpaired) electrons. The molecule has 1 aliphatic heterocycles. The third kappa shape index (κ3) is 3.47. The molecule has 2 aliphatic rings. The smallest absolute Gasteiger partial charge is 0.232 e. The molecule has 1 aliphatic carbocycles. The number of amides is 2. The van der Waals surface area contributed by atoms with Crippen LogP contribution in [0.3, 0.4) is 0 Å². The van der Waals surface area contributed by atoms with E-state index in [4.69, 9.17) is 0 Å². The summed E-state index contributed by atoms with van der Waals surface area (Å²) in [5, 5.41) is 0.